The molecule has 0 radical (unpaired) electrons. The maximum Gasteiger partial charge on any atom is 0.165 e. The Kier molecular flexibility index (Phi) is 4.95. The summed E-state index contributed by atoms with van der Waals surface area (Å²) in [5.74, 6) is 2.05. The zero-order valence-electron chi connectivity index (χ0n) is 22.3. The number of nitrogens with zero attached hydrogens (tertiary/aromatic N) is 3. The van der Waals surface area contributed by atoms with Gasteiger partial charge in [0, 0.05) is 16.7 Å². The highest BCUT2D eigenvalue weighted by Gasteiger charge is 2.27. The van der Waals surface area contributed by atoms with Crippen LogP contribution < -0.4 is 0 Å². The van der Waals surface area contributed by atoms with Crippen LogP contribution in [-0.4, -0.2) is 15.0 Å². The summed E-state index contributed by atoms with van der Waals surface area (Å²) in [4.78, 5) is 15.3. The van der Waals surface area contributed by atoms with Gasteiger partial charge < -0.3 is 0 Å². The maximum absolute atomic E-state index is 5.15. The zero-order chi connectivity index (χ0) is 26.8. The number of hydrogen-bond acceptors (Lipinski definition) is 3. The van der Waals surface area contributed by atoms with Gasteiger partial charge in [-0.3, -0.25) is 0 Å². The Hall–Kier alpha value is -5.15. The molecule has 0 atom stereocenters. The average Bonchev–Trinajstić information content (AvgIpc) is 3.34. The topological polar surface area (TPSA) is 38.7 Å². The van der Waals surface area contributed by atoms with Gasteiger partial charge in [-0.25, -0.2) is 15.0 Å². The SMILES string of the molecule is Cc1ccc(-c2nc(-c3ccc(C)cc3)nc(-c3c4ccccc4c4c5c(cccc35)-c3ccccc3-4)n2)cc1. The molecule has 1 aromatic heterocycles. The second-order valence-corrected chi connectivity index (χ2v) is 10.6. The number of rotatable bonds is 3. The van der Waals surface area contributed by atoms with Crippen molar-refractivity contribution in [3.63, 3.8) is 0 Å². The Balaban J connectivity index is 1.49. The van der Waals surface area contributed by atoms with Gasteiger partial charge in [0.15, 0.2) is 17.5 Å². The quantitative estimate of drug-likeness (QED) is 0.222. The van der Waals surface area contributed by atoms with Crippen LogP contribution in [0.3, 0.4) is 0 Å². The van der Waals surface area contributed by atoms with E-state index in [4.69, 9.17) is 15.0 Å². The Morgan fingerprint density at radius 2 is 0.850 bits per heavy atom. The lowest BCUT2D eigenvalue weighted by atomic mass is 9.90. The summed E-state index contributed by atoms with van der Waals surface area (Å²) in [7, 11) is 0. The zero-order valence-corrected chi connectivity index (χ0v) is 22.3. The molecule has 0 fully saturated rings. The lowest BCUT2D eigenvalue weighted by Crippen LogP contribution is -2.01. The van der Waals surface area contributed by atoms with E-state index in [1.165, 1.54) is 49.5 Å². The molecule has 0 spiro atoms. The van der Waals surface area contributed by atoms with Gasteiger partial charge in [0.2, 0.25) is 0 Å². The number of aromatic nitrogens is 3. The molecular weight excluding hydrogens is 486 g/mol. The minimum absolute atomic E-state index is 0.677. The third kappa shape index (κ3) is 3.41. The molecule has 1 aliphatic rings. The molecule has 6 aromatic carbocycles. The standard InChI is InChI=1S/C37H25N3/c1-22-14-18-24(19-15-22)35-38-36(25-20-16-23(2)17-21-25)40-37(39-35)34-30-11-6-5-10-29(30)32-27-9-4-3-8-26(27)28-12-7-13-31(34)33(28)32/h3-21H,1-2H3. The molecule has 0 saturated carbocycles. The molecular formula is C37H25N3. The van der Waals surface area contributed by atoms with Crippen molar-refractivity contribution in [1.82, 2.24) is 15.0 Å². The summed E-state index contributed by atoms with van der Waals surface area (Å²) in [5, 5.41) is 4.80. The summed E-state index contributed by atoms with van der Waals surface area (Å²) in [5.41, 5.74) is 10.5. The molecule has 1 heterocycles. The summed E-state index contributed by atoms with van der Waals surface area (Å²) < 4.78 is 0. The average molecular weight is 512 g/mol. The summed E-state index contributed by atoms with van der Waals surface area (Å²) in [6.07, 6.45) is 0. The van der Waals surface area contributed by atoms with Gasteiger partial charge >= 0.3 is 0 Å². The molecule has 0 bridgehead atoms. The molecule has 40 heavy (non-hydrogen) atoms. The molecule has 0 aliphatic heterocycles. The first-order valence-electron chi connectivity index (χ1n) is 13.6. The minimum atomic E-state index is 0.677. The smallest absolute Gasteiger partial charge is 0.165 e. The van der Waals surface area contributed by atoms with Crippen LogP contribution in [0.15, 0.2) is 115 Å². The number of aryl methyl sites for hydroxylation is 2. The van der Waals surface area contributed by atoms with E-state index < -0.39 is 0 Å². The van der Waals surface area contributed by atoms with Gasteiger partial charge in [0.1, 0.15) is 0 Å². The van der Waals surface area contributed by atoms with Crippen LogP contribution in [0.2, 0.25) is 0 Å². The van der Waals surface area contributed by atoms with E-state index in [-0.39, 0.29) is 0 Å². The van der Waals surface area contributed by atoms with Gasteiger partial charge in [-0.05, 0) is 57.6 Å². The highest BCUT2D eigenvalue weighted by atomic mass is 15.0. The van der Waals surface area contributed by atoms with E-state index >= 15 is 0 Å². The van der Waals surface area contributed by atoms with Crippen molar-refractivity contribution >= 4 is 21.5 Å². The first-order chi connectivity index (χ1) is 19.7. The fraction of sp³-hybridized carbons (Fsp3) is 0.0541. The Morgan fingerprint density at radius 3 is 1.48 bits per heavy atom. The largest absolute Gasteiger partial charge is 0.208 e. The first kappa shape index (κ1) is 22.8. The molecule has 0 N–H and O–H groups in total. The first-order valence-corrected chi connectivity index (χ1v) is 13.6. The van der Waals surface area contributed by atoms with Gasteiger partial charge in [-0.15, -0.1) is 0 Å². The fourth-order valence-electron chi connectivity index (χ4n) is 6.06. The molecule has 3 nitrogen and oxygen atoms in total. The molecule has 0 amide bonds. The van der Waals surface area contributed by atoms with Crippen LogP contribution >= 0.6 is 0 Å². The minimum Gasteiger partial charge on any atom is -0.208 e. The normalized spacial score (nSPS) is 11.8. The molecule has 0 saturated heterocycles. The number of hydrogen-bond donors (Lipinski definition) is 0. The van der Waals surface area contributed by atoms with E-state index in [1.54, 1.807) is 0 Å². The summed E-state index contributed by atoms with van der Waals surface area (Å²) in [6.45, 7) is 4.19. The number of benzene rings is 6. The van der Waals surface area contributed by atoms with Crippen molar-refractivity contribution in [2.24, 2.45) is 0 Å². The molecule has 3 heteroatoms. The Labute approximate surface area is 232 Å². The van der Waals surface area contributed by atoms with Crippen molar-refractivity contribution in [2.75, 3.05) is 0 Å². The third-order valence-corrected chi connectivity index (χ3v) is 8.01. The van der Waals surface area contributed by atoms with Crippen LogP contribution in [-0.2, 0) is 0 Å². The molecule has 8 rings (SSSR count). The molecule has 0 unspecified atom stereocenters. The fourth-order valence-corrected chi connectivity index (χ4v) is 6.06. The van der Waals surface area contributed by atoms with Crippen LogP contribution in [0.25, 0.3) is 78.0 Å². The van der Waals surface area contributed by atoms with Crippen LogP contribution in [0, 0.1) is 13.8 Å². The second-order valence-electron chi connectivity index (χ2n) is 10.6. The molecule has 1 aliphatic carbocycles. The van der Waals surface area contributed by atoms with E-state index in [0.717, 1.165) is 22.1 Å². The van der Waals surface area contributed by atoms with Crippen molar-refractivity contribution in [2.45, 2.75) is 13.8 Å². The summed E-state index contributed by atoms with van der Waals surface area (Å²) in [6, 6.07) is 40.8. The van der Waals surface area contributed by atoms with Crippen molar-refractivity contribution in [1.29, 1.82) is 0 Å². The second kappa shape index (κ2) is 8.69. The van der Waals surface area contributed by atoms with Crippen LogP contribution in [0.5, 0.6) is 0 Å². The van der Waals surface area contributed by atoms with Crippen molar-refractivity contribution in [3.05, 3.63) is 126 Å². The van der Waals surface area contributed by atoms with Gasteiger partial charge in [0.05, 0.1) is 0 Å². The lowest BCUT2D eigenvalue weighted by molar-refractivity contribution is 1.08. The van der Waals surface area contributed by atoms with Crippen LogP contribution in [0.1, 0.15) is 11.1 Å². The predicted octanol–water partition coefficient (Wildman–Crippen LogP) is 9.44. The predicted molar refractivity (Wildman–Crippen MR) is 165 cm³/mol. The van der Waals surface area contributed by atoms with E-state index in [1.807, 2.05) is 0 Å². The highest BCUT2D eigenvalue weighted by Crippen LogP contribution is 2.53. The van der Waals surface area contributed by atoms with E-state index in [0.29, 0.717) is 17.5 Å². The van der Waals surface area contributed by atoms with Gasteiger partial charge in [-0.1, -0.05) is 126 Å². The summed E-state index contributed by atoms with van der Waals surface area (Å²) >= 11 is 0. The maximum atomic E-state index is 5.15. The number of fused-ring (bicyclic) bond motifs is 5. The third-order valence-electron chi connectivity index (χ3n) is 8.01. The Morgan fingerprint density at radius 1 is 0.375 bits per heavy atom. The molecule has 7 aromatic rings. The highest BCUT2D eigenvalue weighted by molar-refractivity contribution is 6.28. The van der Waals surface area contributed by atoms with Gasteiger partial charge in [-0.2, -0.15) is 0 Å². The Bertz CT molecular complexity index is 2040. The van der Waals surface area contributed by atoms with E-state index in [9.17, 15) is 0 Å². The van der Waals surface area contributed by atoms with Crippen LogP contribution in [0.4, 0.5) is 0 Å². The van der Waals surface area contributed by atoms with Crippen molar-refractivity contribution in [3.8, 4) is 56.4 Å². The lowest BCUT2D eigenvalue weighted by Gasteiger charge is -2.15. The van der Waals surface area contributed by atoms with Crippen molar-refractivity contribution < 1.29 is 0 Å². The monoisotopic (exact) mass is 511 g/mol. The molecule has 188 valence electrons. The van der Waals surface area contributed by atoms with Gasteiger partial charge in [0.25, 0.3) is 0 Å². The van der Waals surface area contributed by atoms with E-state index in [2.05, 4.69) is 129 Å².